The van der Waals surface area contributed by atoms with Crippen LogP contribution in [0.1, 0.15) is 28.5 Å². The van der Waals surface area contributed by atoms with Crippen molar-refractivity contribution in [2.45, 2.75) is 25.4 Å². The first-order valence-corrected chi connectivity index (χ1v) is 10.7. The molecule has 1 saturated heterocycles. The molecule has 4 heterocycles. The third-order valence-electron chi connectivity index (χ3n) is 6.62. The summed E-state index contributed by atoms with van der Waals surface area (Å²) in [5, 5.41) is 12.2. The lowest BCUT2D eigenvalue weighted by Gasteiger charge is -2.42. The molecule has 3 aromatic rings. The van der Waals surface area contributed by atoms with E-state index in [9.17, 15) is 19.7 Å². The quantitative estimate of drug-likeness (QED) is 0.452. The lowest BCUT2D eigenvalue weighted by Crippen LogP contribution is -2.49. The number of nitrogens with zero attached hydrogens (tertiary/aromatic N) is 4. The van der Waals surface area contributed by atoms with Crippen molar-refractivity contribution in [1.82, 2.24) is 14.0 Å². The van der Waals surface area contributed by atoms with Crippen molar-refractivity contribution in [2.75, 3.05) is 26.8 Å². The second-order valence-corrected chi connectivity index (χ2v) is 8.56. The highest BCUT2D eigenvalue weighted by molar-refractivity contribution is 5.99. The topological polar surface area (TPSA) is 99.6 Å². The second-order valence-electron chi connectivity index (χ2n) is 8.56. The van der Waals surface area contributed by atoms with E-state index < -0.39 is 16.2 Å². The molecule has 166 valence electrons. The van der Waals surface area contributed by atoms with E-state index >= 15 is 0 Å². The second kappa shape index (κ2) is 7.90. The summed E-state index contributed by atoms with van der Waals surface area (Å²) in [4.78, 5) is 38.6. The molecule has 2 aliphatic rings. The molecular weight excluding hydrogens is 412 g/mol. The van der Waals surface area contributed by atoms with Gasteiger partial charge in [0.1, 0.15) is 5.69 Å². The molecule has 0 N–H and O–H groups in total. The lowest BCUT2D eigenvalue weighted by molar-refractivity contribution is -0.386. The Balaban J connectivity index is 1.47. The minimum absolute atomic E-state index is 0.0169. The minimum atomic E-state index is -0.630. The fourth-order valence-electron chi connectivity index (χ4n) is 5.21. The summed E-state index contributed by atoms with van der Waals surface area (Å²) in [6.07, 6.45) is 0.869. The van der Waals surface area contributed by atoms with E-state index in [2.05, 4.69) is 0 Å². The van der Waals surface area contributed by atoms with Gasteiger partial charge in [-0.1, -0.05) is 18.2 Å². The number of piperidine rings is 1. The van der Waals surface area contributed by atoms with Gasteiger partial charge in [-0.05, 0) is 30.5 Å². The van der Waals surface area contributed by atoms with Crippen LogP contribution in [0.15, 0.2) is 47.3 Å². The summed E-state index contributed by atoms with van der Waals surface area (Å²) in [5.74, 6) is 0.0307. The number of benzene rings is 1. The monoisotopic (exact) mass is 436 g/mol. The maximum Gasteiger partial charge on any atom is 0.334 e. The molecule has 0 saturated carbocycles. The van der Waals surface area contributed by atoms with Gasteiger partial charge >= 0.3 is 11.2 Å². The number of hydrogen-bond acceptors (Lipinski definition) is 5. The molecular formula is C23H24N4O5. The first-order valence-electron chi connectivity index (χ1n) is 10.7. The number of fused-ring (bicyclic) bond motifs is 5. The van der Waals surface area contributed by atoms with Crippen LogP contribution in [0, 0.1) is 16.0 Å². The number of nitro groups is 1. The molecule has 32 heavy (non-hydrogen) atoms. The van der Waals surface area contributed by atoms with Crippen LogP contribution in [0.4, 0.5) is 5.69 Å². The predicted octanol–water partition coefficient (Wildman–Crippen LogP) is 2.62. The standard InChI is InChI=1S/C23H24N4O5/c1-32-9-8-25-18-5-3-2-4-16(18)11-21(25)22(28)24-12-15-10-17(14-24)19-6-7-20(27(30)31)23(29)26(19)13-15/h2-7,11,15,17H,8-10,12-14H2,1H3/t15-,17+/m1/s1. The fourth-order valence-corrected chi connectivity index (χ4v) is 5.21. The van der Waals surface area contributed by atoms with Gasteiger partial charge in [0.15, 0.2) is 0 Å². The van der Waals surface area contributed by atoms with Gasteiger partial charge in [0.2, 0.25) is 0 Å². The number of rotatable bonds is 5. The van der Waals surface area contributed by atoms with E-state index in [1.807, 2.05) is 39.8 Å². The van der Waals surface area contributed by atoms with E-state index in [0.29, 0.717) is 38.5 Å². The van der Waals surface area contributed by atoms with E-state index in [4.69, 9.17) is 4.74 Å². The Morgan fingerprint density at radius 2 is 2.00 bits per heavy atom. The predicted molar refractivity (Wildman–Crippen MR) is 118 cm³/mol. The van der Waals surface area contributed by atoms with Crippen molar-refractivity contribution in [3.05, 3.63) is 74.3 Å². The third-order valence-corrected chi connectivity index (χ3v) is 6.62. The average molecular weight is 436 g/mol. The molecule has 0 radical (unpaired) electrons. The van der Waals surface area contributed by atoms with Gasteiger partial charge in [-0.3, -0.25) is 19.7 Å². The Labute approximate surface area is 184 Å². The number of hydrogen-bond donors (Lipinski definition) is 0. The fraction of sp³-hybridized carbons (Fsp3) is 0.391. The zero-order chi connectivity index (χ0) is 22.4. The number of methoxy groups -OCH3 is 1. The highest BCUT2D eigenvalue weighted by Crippen LogP contribution is 2.36. The van der Waals surface area contributed by atoms with E-state index in [1.165, 1.54) is 10.6 Å². The molecule has 9 nitrogen and oxygen atoms in total. The van der Waals surface area contributed by atoms with Gasteiger partial charge in [-0.2, -0.15) is 0 Å². The van der Waals surface area contributed by atoms with Crippen LogP contribution in [0.2, 0.25) is 0 Å². The van der Waals surface area contributed by atoms with E-state index in [1.54, 1.807) is 13.2 Å². The molecule has 2 aromatic heterocycles. The zero-order valence-electron chi connectivity index (χ0n) is 17.8. The molecule has 2 atom stereocenters. The van der Waals surface area contributed by atoms with Gasteiger partial charge in [-0.15, -0.1) is 0 Å². The number of carbonyl (C=O) groups is 1. The SMILES string of the molecule is COCCn1c(C(=O)N2C[C@H]3C[C@@H](C2)c2ccc([N+](=O)[O-])c(=O)n2C3)cc2ccccc21. The molecule has 1 aromatic carbocycles. The summed E-state index contributed by atoms with van der Waals surface area (Å²) in [5.41, 5.74) is 1.44. The number of amides is 1. The molecule has 2 aliphatic heterocycles. The van der Waals surface area contributed by atoms with E-state index in [0.717, 1.165) is 23.0 Å². The summed E-state index contributed by atoms with van der Waals surface area (Å²) in [6.45, 7) is 2.48. The summed E-state index contributed by atoms with van der Waals surface area (Å²) < 4.78 is 8.80. The van der Waals surface area contributed by atoms with Crippen molar-refractivity contribution in [3.63, 3.8) is 0 Å². The molecule has 0 aliphatic carbocycles. The summed E-state index contributed by atoms with van der Waals surface area (Å²) >= 11 is 0. The molecule has 5 rings (SSSR count). The molecule has 0 unspecified atom stereocenters. The van der Waals surface area contributed by atoms with Crippen molar-refractivity contribution >= 4 is 22.5 Å². The number of pyridine rings is 1. The van der Waals surface area contributed by atoms with Gasteiger partial charge in [0, 0.05) is 61.9 Å². The van der Waals surface area contributed by atoms with Crippen molar-refractivity contribution in [2.24, 2.45) is 5.92 Å². The largest absolute Gasteiger partial charge is 0.383 e. The molecule has 9 heteroatoms. The number of aromatic nitrogens is 2. The van der Waals surface area contributed by atoms with Gasteiger partial charge in [0.25, 0.3) is 5.91 Å². The number of carbonyl (C=O) groups excluding carboxylic acids is 1. The van der Waals surface area contributed by atoms with Crippen LogP contribution in [0.3, 0.4) is 0 Å². The van der Waals surface area contributed by atoms with Crippen LogP contribution >= 0.6 is 0 Å². The Morgan fingerprint density at radius 1 is 1.19 bits per heavy atom. The van der Waals surface area contributed by atoms with Gasteiger partial charge in [0.05, 0.1) is 11.5 Å². The maximum absolute atomic E-state index is 13.6. The van der Waals surface area contributed by atoms with Gasteiger partial charge in [-0.25, -0.2) is 0 Å². The Hall–Kier alpha value is -3.46. The normalized spacial score (nSPS) is 19.7. The molecule has 1 amide bonds. The Morgan fingerprint density at radius 3 is 2.78 bits per heavy atom. The highest BCUT2D eigenvalue weighted by Gasteiger charge is 2.38. The van der Waals surface area contributed by atoms with Gasteiger partial charge < -0.3 is 18.8 Å². The number of para-hydroxylation sites is 1. The number of ether oxygens (including phenoxy) is 1. The van der Waals surface area contributed by atoms with E-state index in [-0.39, 0.29) is 17.7 Å². The first kappa shape index (κ1) is 20.4. The highest BCUT2D eigenvalue weighted by atomic mass is 16.6. The Bertz CT molecular complexity index is 1280. The Kier molecular flexibility index (Phi) is 5.05. The van der Waals surface area contributed by atoms with Crippen LogP contribution in [-0.4, -0.2) is 51.7 Å². The molecule has 2 bridgehead atoms. The molecule has 1 fully saturated rings. The zero-order valence-corrected chi connectivity index (χ0v) is 17.8. The summed E-state index contributed by atoms with van der Waals surface area (Å²) in [7, 11) is 1.64. The summed E-state index contributed by atoms with van der Waals surface area (Å²) in [6, 6.07) is 12.8. The van der Waals surface area contributed by atoms with Crippen molar-refractivity contribution in [1.29, 1.82) is 0 Å². The van der Waals surface area contributed by atoms with Crippen molar-refractivity contribution in [3.8, 4) is 0 Å². The van der Waals surface area contributed by atoms with Crippen LogP contribution in [0.5, 0.6) is 0 Å². The van der Waals surface area contributed by atoms with Crippen LogP contribution in [0.25, 0.3) is 10.9 Å². The smallest absolute Gasteiger partial charge is 0.334 e. The average Bonchev–Trinajstić information content (AvgIpc) is 3.16. The lowest BCUT2D eigenvalue weighted by atomic mass is 9.83. The number of likely N-dealkylation sites (tertiary alicyclic amines) is 1. The van der Waals surface area contributed by atoms with Crippen LogP contribution in [-0.2, 0) is 17.8 Å². The molecule has 0 spiro atoms. The maximum atomic E-state index is 13.6. The first-order chi connectivity index (χ1) is 15.5. The van der Waals surface area contributed by atoms with Crippen LogP contribution < -0.4 is 5.56 Å². The third kappa shape index (κ3) is 3.29. The van der Waals surface area contributed by atoms with Crippen molar-refractivity contribution < 1.29 is 14.5 Å². The minimum Gasteiger partial charge on any atom is -0.383 e.